The van der Waals surface area contributed by atoms with Gasteiger partial charge in [-0.25, -0.2) is 0 Å². The van der Waals surface area contributed by atoms with Crippen molar-refractivity contribution in [3.8, 4) is 0 Å². The van der Waals surface area contributed by atoms with Crippen molar-refractivity contribution in [2.24, 2.45) is 10.9 Å². The molecule has 6 nitrogen and oxygen atoms in total. The van der Waals surface area contributed by atoms with Crippen molar-refractivity contribution < 1.29 is 4.74 Å². The Morgan fingerprint density at radius 1 is 1.28 bits per heavy atom. The van der Waals surface area contributed by atoms with E-state index in [1.807, 2.05) is 12.1 Å². The Morgan fingerprint density at radius 3 is 2.76 bits per heavy atom. The summed E-state index contributed by atoms with van der Waals surface area (Å²) in [6, 6.07) is 8.14. The molecule has 2 aliphatic rings. The number of anilines is 1. The highest BCUT2D eigenvalue weighted by molar-refractivity contribution is 6.33. The van der Waals surface area contributed by atoms with Crippen molar-refractivity contribution in [2.45, 2.75) is 19.8 Å². The van der Waals surface area contributed by atoms with Gasteiger partial charge in [0.2, 0.25) is 0 Å². The lowest BCUT2D eigenvalue weighted by Gasteiger charge is -2.36. The summed E-state index contributed by atoms with van der Waals surface area (Å²) in [4.78, 5) is 12.0. The molecule has 1 N–H and O–H groups in total. The van der Waals surface area contributed by atoms with Gasteiger partial charge in [-0.15, -0.1) is 0 Å². The quantitative estimate of drug-likeness (QED) is 0.397. The number of rotatable bonds is 8. The summed E-state index contributed by atoms with van der Waals surface area (Å²) in [6.07, 6.45) is 2.24. The first kappa shape index (κ1) is 22.2. The SMILES string of the molecule is CCNC(=NCCCN1CCN(c2ccccc2Cl)CC1)N(C)CC1CCOC1. The van der Waals surface area contributed by atoms with Crippen molar-refractivity contribution in [1.29, 1.82) is 0 Å². The van der Waals surface area contributed by atoms with Crippen LogP contribution in [-0.2, 0) is 4.74 Å². The summed E-state index contributed by atoms with van der Waals surface area (Å²) < 4.78 is 5.50. The third-order valence-corrected chi connectivity index (χ3v) is 6.03. The van der Waals surface area contributed by atoms with Gasteiger partial charge in [0, 0.05) is 71.9 Å². The third kappa shape index (κ3) is 6.76. The van der Waals surface area contributed by atoms with E-state index in [-0.39, 0.29) is 0 Å². The third-order valence-electron chi connectivity index (χ3n) is 5.71. The van der Waals surface area contributed by atoms with E-state index in [0.717, 1.165) is 95.1 Å². The van der Waals surface area contributed by atoms with Gasteiger partial charge < -0.3 is 19.9 Å². The van der Waals surface area contributed by atoms with Gasteiger partial charge in [0.15, 0.2) is 5.96 Å². The van der Waals surface area contributed by atoms with Crippen LogP contribution in [0.4, 0.5) is 5.69 Å². The number of hydrogen-bond donors (Lipinski definition) is 1. The predicted molar refractivity (Wildman–Crippen MR) is 122 cm³/mol. The molecule has 2 saturated heterocycles. The molecular formula is C22H36ClN5O. The molecule has 1 aromatic rings. The highest BCUT2D eigenvalue weighted by atomic mass is 35.5. The number of ether oxygens (including phenoxy) is 1. The number of guanidine groups is 1. The Hall–Kier alpha value is -1.50. The largest absolute Gasteiger partial charge is 0.381 e. The topological polar surface area (TPSA) is 43.3 Å². The molecule has 0 aliphatic carbocycles. The second kappa shape index (κ2) is 11.6. The lowest BCUT2D eigenvalue weighted by molar-refractivity contribution is 0.181. The molecule has 3 rings (SSSR count). The minimum absolute atomic E-state index is 0.623. The van der Waals surface area contributed by atoms with Crippen molar-refractivity contribution in [3.05, 3.63) is 29.3 Å². The Bertz CT molecular complexity index is 642. The number of para-hydroxylation sites is 1. The van der Waals surface area contributed by atoms with E-state index in [1.165, 1.54) is 0 Å². The van der Waals surface area contributed by atoms with E-state index in [2.05, 4.69) is 46.1 Å². The minimum Gasteiger partial charge on any atom is -0.381 e. The van der Waals surface area contributed by atoms with E-state index >= 15 is 0 Å². The van der Waals surface area contributed by atoms with Crippen molar-refractivity contribution in [2.75, 3.05) is 77.5 Å². The van der Waals surface area contributed by atoms with Crippen LogP contribution in [0.1, 0.15) is 19.8 Å². The highest BCUT2D eigenvalue weighted by Gasteiger charge is 2.20. The molecule has 0 bridgehead atoms. The molecular weight excluding hydrogens is 386 g/mol. The zero-order valence-electron chi connectivity index (χ0n) is 17.9. The van der Waals surface area contributed by atoms with Crippen LogP contribution in [0.25, 0.3) is 0 Å². The Balaban J connectivity index is 1.39. The maximum absolute atomic E-state index is 6.34. The zero-order chi connectivity index (χ0) is 20.5. The normalized spacial score (nSPS) is 20.9. The van der Waals surface area contributed by atoms with Gasteiger partial charge >= 0.3 is 0 Å². The molecule has 7 heteroatoms. The zero-order valence-corrected chi connectivity index (χ0v) is 18.7. The van der Waals surface area contributed by atoms with E-state index in [0.29, 0.717) is 5.92 Å². The van der Waals surface area contributed by atoms with E-state index < -0.39 is 0 Å². The standard InChI is InChI=1S/C22H36ClN5O/c1-3-24-22(26(2)17-19-9-16-29-18-19)25-10-6-11-27-12-14-28(15-13-27)21-8-5-4-7-20(21)23/h4-5,7-8,19H,3,6,9-18H2,1-2H3,(H,24,25). The molecule has 0 amide bonds. The molecule has 1 atom stereocenters. The summed E-state index contributed by atoms with van der Waals surface area (Å²) in [5, 5.41) is 4.27. The highest BCUT2D eigenvalue weighted by Crippen LogP contribution is 2.26. The van der Waals surface area contributed by atoms with Gasteiger partial charge in [-0.05, 0) is 31.9 Å². The molecule has 2 fully saturated rings. The van der Waals surface area contributed by atoms with Crippen LogP contribution in [0.5, 0.6) is 0 Å². The number of halogens is 1. The maximum Gasteiger partial charge on any atom is 0.193 e. The van der Waals surface area contributed by atoms with Crippen molar-refractivity contribution >= 4 is 23.2 Å². The lowest BCUT2D eigenvalue weighted by atomic mass is 10.1. The number of nitrogens with zero attached hydrogens (tertiary/aromatic N) is 4. The lowest BCUT2D eigenvalue weighted by Crippen LogP contribution is -2.46. The van der Waals surface area contributed by atoms with Crippen molar-refractivity contribution in [3.63, 3.8) is 0 Å². The fraction of sp³-hybridized carbons (Fsp3) is 0.682. The van der Waals surface area contributed by atoms with Gasteiger partial charge in [-0.3, -0.25) is 9.89 Å². The first-order valence-electron chi connectivity index (χ1n) is 11.0. The number of aliphatic imine (C=N–C) groups is 1. The average molecular weight is 422 g/mol. The van der Waals surface area contributed by atoms with Crippen molar-refractivity contribution in [1.82, 2.24) is 15.1 Å². The van der Waals surface area contributed by atoms with Gasteiger partial charge in [-0.1, -0.05) is 23.7 Å². The predicted octanol–water partition coefficient (Wildman–Crippen LogP) is 2.79. The first-order chi connectivity index (χ1) is 14.2. The molecule has 0 saturated carbocycles. The molecule has 2 heterocycles. The monoisotopic (exact) mass is 421 g/mol. The van der Waals surface area contributed by atoms with Crippen LogP contribution in [0.3, 0.4) is 0 Å². The van der Waals surface area contributed by atoms with Crippen LogP contribution < -0.4 is 10.2 Å². The van der Waals surface area contributed by atoms with Gasteiger partial charge in [-0.2, -0.15) is 0 Å². The van der Waals surface area contributed by atoms with Gasteiger partial charge in [0.25, 0.3) is 0 Å². The Morgan fingerprint density at radius 2 is 2.07 bits per heavy atom. The minimum atomic E-state index is 0.623. The number of hydrogen-bond acceptors (Lipinski definition) is 4. The van der Waals surface area contributed by atoms with Gasteiger partial charge in [0.1, 0.15) is 0 Å². The fourth-order valence-corrected chi connectivity index (χ4v) is 4.33. The molecule has 162 valence electrons. The van der Waals surface area contributed by atoms with Crippen LogP contribution in [0.15, 0.2) is 29.3 Å². The smallest absolute Gasteiger partial charge is 0.193 e. The summed E-state index contributed by atoms with van der Waals surface area (Å²) in [6.45, 7) is 12.0. The van der Waals surface area contributed by atoms with Crippen LogP contribution in [0.2, 0.25) is 5.02 Å². The van der Waals surface area contributed by atoms with E-state index in [4.69, 9.17) is 21.3 Å². The summed E-state index contributed by atoms with van der Waals surface area (Å²) >= 11 is 6.34. The van der Waals surface area contributed by atoms with E-state index in [9.17, 15) is 0 Å². The molecule has 0 radical (unpaired) electrons. The summed E-state index contributed by atoms with van der Waals surface area (Å²) in [7, 11) is 2.13. The second-order valence-electron chi connectivity index (χ2n) is 7.98. The summed E-state index contributed by atoms with van der Waals surface area (Å²) in [5.41, 5.74) is 1.16. The number of piperazine rings is 1. The summed E-state index contributed by atoms with van der Waals surface area (Å²) in [5.74, 6) is 1.64. The van der Waals surface area contributed by atoms with Crippen LogP contribution in [-0.4, -0.2) is 88.4 Å². The number of nitrogens with one attached hydrogen (secondary N) is 1. The maximum atomic E-state index is 6.34. The molecule has 0 aromatic heterocycles. The number of benzene rings is 1. The second-order valence-corrected chi connectivity index (χ2v) is 8.39. The van der Waals surface area contributed by atoms with E-state index in [1.54, 1.807) is 0 Å². The average Bonchev–Trinajstić information content (AvgIpc) is 3.24. The molecule has 2 aliphatic heterocycles. The Labute approximate surface area is 180 Å². The van der Waals surface area contributed by atoms with Crippen LogP contribution >= 0.6 is 11.6 Å². The Kier molecular flexibility index (Phi) is 8.90. The molecule has 1 unspecified atom stereocenters. The van der Waals surface area contributed by atoms with Gasteiger partial charge in [0.05, 0.1) is 17.3 Å². The van der Waals surface area contributed by atoms with Crippen LogP contribution in [0, 0.1) is 5.92 Å². The molecule has 0 spiro atoms. The first-order valence-corrected chi connectivity index (χ1v) is 11.3. The fourth-order valence-electron chi connectivity index (χ4n) is 4.07. The molecule has 1 aromatic carbocycles. The molecule has 29 heavy (non-hydrogen) atoms.